The maximum Gasteiger partial charge on any atom is 0.333 e. The van der Waals surface area contributed by atoms with E-state index in [0.717, 1.165) is 11.1 Å². The molecule has 0 unspecified atom stereocenters. The Labute approximate surface area is 162 Å². The van der Waals surface area contributed by atoms with Gasteiger partial charge in [0.2, 0.25) is 0 Å². The third-order valence-corrected chi connectivity index (χ3v) is 7.70. The van der Waals surface area contributed by atoms with Crippen molar-refractivity contribution in [3.05, 3.63) is 0 Å². The number of amides is 1. The zero-order valence-corrected chi connectivity index (χ0v) is 17.5. The van der Waals surface area contributed by atoms with Crippen LogP contribution in [0.2, 0.25) is 0 Å². The minimum absolute atomic E-state index is 0.509. The smallest absolute Gasteiger partial charge is 0.333 e. The molecule has 3 aliphatic heterocycles. The van der Waals surface area contributed by atoms with E-state index in [1.165, 1.54) is 6.92 Å². The van der Waals surface area contributed by atoms with Crippen LogP contribution in [0.25, 0.3) is 0 Å². The van der Waals surface area contributed by atoms with Crippen molar-refractivity contribution in [3.63, 3.8) is 0 Å². The average molecular weight is 423 g/mol. The molecular formula is C16H23ClN2O7S. The molecule has 3 rings (SSSR count). The Hall–Kier alpha value is -1.39. The van der Waals surface area contributed by atoms with Gasteiger partial charge in [-0.25, -0.2) is 13.2 Å². The first kappa shape index (κ1) is 20.3. The summed E-state index contributed by atoms with van der Waals surface area (Å²) in [7, 11) is -4.09. The van der Waals surface area contributed by atoms with Crippen LogP contribution in [0.1, 0.15) is 41.5 Å². The molecule has 11 heteroatoms. The molecule has 152 valence electrons. The quantitative estimate of drug-likeness (QED) is 0.375. The molecule has 0 saturated carbocycles. The number of ether oxygens (including phenoxy) is 2. The summed E-state index contributed by atoms with van der Waals surface area (Å²) >= 11 is 6.32. The van der Waals surface area contributed by atoms with E-state index in [9.17, 15) is 18.0 Å². The molecule has 0 N–H and O–H groups in total. The number of fused-ring (bicyclic) bond motifs is 2. The van der Waals surface area contributed by atoms with Gasteiger partial charge in [0.25, 0.3) is 11.0 Å². The van der Waals surface area contributed by atoms with Crippen LogP contribution in [0.15, 0.2) is 5.16 Å². The molecular weight excluding hydrogens is 400 g/mol. The third-order valence-electron chi connectivity index (χ3n) is 4.63. The molecule has 2 fully saturated rings. The van der Waals surface area contributed by atoms with Gasteiger partial charge in [0.15, 0.2) is 26.9 Å². The molecule has 0 aliphatic carbocycles. The number of hydrogen-bond donors (Lipinski definition) is 0. The highest BCUT2D eigenvalue weighted by Crippen LogP contribution is 2.53. The summed E-state index contributed by atoms with van der Waals surface area (Å²) in [6.07, 6.45) is 0.602. The molecule has 3 heterocycles. The van der Waals surface area contributed by atoms with Crippen molar-refractivity contribution in [2.24, 2.45) is 5.16 Å². The second-order valence-corrected chi connectivity index (χ2v) is 11.0. The summed E-state index contributed by atoms with van der Waals surface area (Å²) < 4.78 is 37.2. The number of alkyl halides is 1. The van der Waals surface area contributed by atoms with Crippen LogP contribution in [0.4, 0.5) is 0 Å². The minimum atomic E-state index is -4.09. The monoisotopic (exact) mass is 422 g/mol. The van der Waals surface area contributed by atoms with Crippen molar-refractivity contribution >= 4 is 39.5 Å². The molecule has 27 heavy (non-hydrogen) atoms. The highest BCUT2D eigenvalue weighted by Gasteiger charge is 2.79. The molecule has 1 amide bonds. The summed E-state index contributed by atoms with van der Waals surface area (Å²) in [5.41, 5.74) is -2.47. The van der Waals surface area contributed by atoms with Crippen molar-refractivity contribution in [3.8, 4) is 0 Å². The maximum absolute atomic E-state index is 13.2. The zero-order valence-electron chi connectivity index (χ0n) is 15.9. The standard InChI is InChI=1S/C16H23ClN2O7S/c1-8(2)24-16(17)12(21)19-10(11(20)25-14(3,4)5)15(6)9(7-18-26-15)27(22,23)13(16)19/h7-10,13H,1-6H3/t9-,10+,13+,15+,16-/m0/s1. The largest absolute Gasteiger partial charge is 0.458 e. The highest BCUT2D eigenvalue weighted by molar-refractivity contribution is 7.93. The van der Waals surface area contributed by atoms with E-state index >= 15 is 0 Å². The molecule has 3 aliphatic rings. The second kappa shape index (κ2) is 5.81. The fraction of sp³-hybridized carbons (Fsp3) is 0.812. The van der Waals surface area contributed by atoms with Crippen LogP contribution in [-0.2, 0) is 33.7 Å². The van der Waals surface area contributed by atoms with E-state index in [4.69, 9.17) is 25.9 Å². The first-order valence-corrected chi connectivity index (χ1v) is 10.5. The van der Waals surface area contributed by atoms with Gasteiger partial charge in [0.1, 0.15) is 10.9 Å². The van der Waals surface area contributed by atoms with Crippen LogP contribution in [0.3, 0.4) is 0 Å². The fourth-order valence-corrected chi connectivity index (χ4v) is 6.90. The number of rotatable bonds is 3. The average Bonchev–Trinajstić information content (AvgIpc) is 2.86. The van der Waals surface area contributed by atoms with Crippen molar-refractivity contribution in [2.45, 2.75) is 80.6 Å². The molecule has 2 saturated heterocycles. The second-order valence-electron chi connectivity index (χ2n) is 8.35. The highest BCUT2D eigenvalue weighted by atomic mass is 35.5. The van der Waals surface area contributed by atoms with Crippen LogP contribution < -0.4 is 0 Å². The lowest BCUT2D eigenvalue weighted by Gasteiger charge is -2.59. The topological polar surface area (TPSA) is 112 Å². The number of esters is 1. The molecule has 0 aromatic rings. The number of nitrogens with zero attached hydrogens (tertiary/aromatic N) is 2. The lowest BCUT2D eigenvalue weighted by atomic mass is 9.87. The lowest BCUT2D eigenvalue weighted by Crippen LogP contribution is -2.86. The normalized spacial score (nSPS) is 39.5. The van der Waals surface area contributed by atoms with E-state index in [-0.39, 0.29) is 0 Å². The van der Waals surface area contributed by atoms with Crippen LogP contribution >= 0.6 is 11.6 Å². The predicted molar refractivity (Wildman–Crippen MR) is 95.8 cm³/mol. The Morgan fingerprint density at radius 1 is 1.41 bits per heavy atom. The molecule has 0 aromatic carbocycles. The van der Waals surface area contributed by atoms with Crippen molar-refractivity contribution in [1.29, 1.82) is 0 Å². The summed E-state index contributed by atoms with van der Waals surface area (Å²) in [6, 6.07) is -1.34. The van der Waals surface area contributed by atoms with Crippen LogP contribution in [0, 0.1) is 0 Å². The van der Waals surface area contributed by atoms with Gasteiger partial charge < -0.3 is 14.3 Å². The fourth-order valence-electron chi connectivity index (χ4n) is 3.71. The number of β-lactam (4-membered cyclic amide) rings is 1. The van der Waals surface area contributed by atoms with Crippen LogP contribution in [-0.4, -0.2) is 70.4 Å². The van der Waals surface area contributed by atoms with Gasteiger partial charge >= 0.3 is 5.97 Å². The van der Waals surface area contributed by atoms with E-state index < -0.39 is 60.7 Å². The molecule has 0 radical (unpaired) electrons. The summed E-state index contributed by atoms with van der Waals surface area (Å²) in [4.78, 5) is 31.9. The Kier molecular flexibility index (Phi) is 4.38. The Balaban J connectivity index is 2.11. The van der Waals surface area contributed by atoms with Gasteiger partial charge in [0.05, 0.1) is 12.3 Å². The SMILES string of the molecule is CC(C)O[C@@]1(Cl)C(=O)N2[C@H](C(=O)OC(C)(C)C)[C@]3(C)ON=C[C@@H]3S(=O)(=O)[C@@H]21. The maximum atomic E-state index is 13.2. The number of sulfone groups is 1. The lowest BCUT2D eigenvalue weighted by molar-refractivity contribution is -0.211. The van der Waals surface area contributed by atoms with Gasteiger partial charge in [-0.3, -0.25) is 9.69 Å². The number of oxime groups is 1. The third kappa shape index (κ3) is 2.75. The summed E-state index contributed by atoms with van der Waals surface area (Å²) in [5.74, 6) is -1.62. The molecule has 5 atom stereocenters. The van der Waals surface area contributed by atoms with Crippen molar-refractivity contribution < 1.29 is 32.3 Å². The van der Waals surface area contributed by atoms with Crippen molar-refractivity contribution in [1.82, 2.24) is 4.90 Å². The van der Waals surface area contributed by atoms with E-state index in [2.05, 4.69) is 5.16 Å². The summed E-state index contributed by atoms with van der Waals surface area (Å²) in [6.45, 7) is 9.67. The first-order chi connectivity index (χ1) is 12.2. The Morgan fingerprint density at radius 2 is 2.00 bits per heavy atom. The number of carbonyl (C=O) groups excluding carboxylic acids is 2. The Bertz CT molecular complexity index is 821. The van der Waals surface area contributed by atoms with E-state index in [1.807, 2.05) is 0 Å². The van der Waals surface area contributed by atoms with Gasteiger partial charge in [-0.2, -0.15) is 0 Å². The van der Waals surface area contributed by atoms with E-state index in [1.54, 1.807) is 34.6 Å². The predicted octanol–water partition coefficient (Wildman–Crippen LogP) is 0.797. The molecule has 9 nitrogen and oxygen atoms in total. The first-order valence-electron chi connectivity index (χ1n) is 8.53. The molecule has 0 aromatic heterocycles. The van der Waals surface area contributed by atoms with Gasteiger partial charge in [-0.05, 0) is 41.5 Å². The summed E-state index contributed by atoms with van der Waals surface area (Å²) in [5, 5.41) is -1.31. The number of hydrogen-bond acceptors (Lipinski definition) is 8. The molecule has 0 spiro atoms. The zero-order chi connectivity index (χ0) is 20.6. The molecule has 0 bridgehead atoms. The van der Waals surface area contributed by atoms with Crippen LogP contribution in [0.5, 0.6) is 0 Å². The van der Waals surface area contributed by atoms with Gasteiger partial charge in [-0.15, -0.1) is 0 Å². The number of carbonyl (C=O) groups is 2. The van der Waals surface area contributed by atoms with E-state index in [0.29, 0.717) is 0 Å². The van der Waals surface area contributed by atoms with Crippen molar-refractivity contribution in [2.75, 3.05) is 0 Å². The van der Waals surface area contributed by atoms with Gasteiger partial charge in [-0.1, -0.05) is 16.8 Å². The number of halogens is 1. The minimum Gasteiger partial charge on any atom is -0.458 e. The van der Waals surface area contributed by atoms with Gasteiger partial charge in [0, 0.05) is 0 Å². The Morgan fingerprint density at radius 3 is 2.52 bits per heavy atom.